The van der Waals surface area contributed by atoms with E-state index in [2.05, 4.69) is 15.8 Å². The van der Waals surface area contributed by atoms with E-state index >= 15 is 0 Å². The highest BCUT2D eigenvalue weighted by molar-refractivity contribution is 6.02. The molecule has 6 heteroatoms. The van der Waals surface area contributed by atoms with E-state index in [1.165, 1.54) is 18.4 Å². The third-order valence-electron chi connectivity index (χ3n) is 1.66. The van der Waals surface area contributed by atoms with Crippen LogP contribution in [-0.4, -0.2) is 24.0 Å². The molecule has 1 aliphatic heterocycles. The molecule has 0 saturated heterocycles. The highest BCUT2D eigenvalue weighted by Crippen LogP contribution is 2.10. The average molecular weight is 179 g/mol. The molecule has 1 atom stereocenters. The Morgan fingerprint density at radius 3 is 3.00 bits per heavy atom. The fourth-order valence-corrected chi connectivity index (χ4v) is 0.937. The van der Waals surface area contributed by atoms with Gasteiger partial charge in [-0.1, -0.05) is 5.22 Å². The number of nitriles is 1. The van der Waals surface area contributed by atoms with Gasteiger partial charge in [-0.05, 0) is 6.92 Å². The molecule has 1 rings (SSSR count). The normalized spacial score (nSPS) is 22.5. The lowest BCUT2D eigenvalue weighted by atomic mass is 10.1. The van der Waals surface area contributed by atoms with Gasteiger partial charge in [0, 0.05) is 6.20 Å². The first-order valence-electron chi connectivity index (χ1n) is 3.70. The van der Waals surface area contributed by atoms with E-state index in [0.717, 1.165) is 0 Å². The Balaban J connectivity index is 2.88. The Kier molecular flexibility index (Phi) is 2.59. The minimum Gasteiger partial charge on any atom is -0.291 e. The molecule has 0 bridgehead atoms. The summed E-state index contributed by atoms with van der Waals surface area (Å²) in [6.45, 7) is 1.65. The number of rotatable bonds is 1. The lowest BCUT2D eigenvalue weighted by Gasteiger charge is -2.26. The Morgan fingerprint density at radius 1 is 1.77 bits per heavy atom. The summed E-state index contributed by atoms with van der Waals surface area (Å²) >= 11 is 0. The summed E-state index contributed by atoms with van der Waals surface area (Å²) in [7, 11) is 1.50. The topological polar surface area (TPSA) is 80.8 Å². The second-order valence-electron chi connectivity index (χ2n) is 2.47. The van der Waals surface area contributed by atoms with Gasteiger partial charge in [0.05, 0.1) is 7.05 Å². The van der Waals surface area contributed by atoms with Crippen molar-refractivity contribution in [1.29, 1.82) is 5.26 Å². The van der Waals surface area contributed by atoms with Crippen molar-refractivity contribution in [3.63, 3.8) is 0 Å². The highest BCUT2D eigenvalue weighted by Gasteiger charge is 2.27. The van der Waals surface area contributed by atoms with Gasteiger partial charge in [-0.3, -0.25) is 10.2 Å². The van der Waals surface area contributed by atoms with Crippen molar-refractivity contribution in [1.82, 2.24) is 10.5 Å². The standard InChI is InChI=1S/C7H9N5O/c1-5-7(13)6(3-8)4-10-12(5)11-9-2/h4-5,10H,1-2H3. The minimum atomic E-state index is -0.497. The number of hydrogen-bond acceptors (Lipinski definition) is 5. The molecule has 0 radical (unpaired) electrons. The van der Waals surface area contributed by atoms with Crippen LogP contribution in [0.15, 0.2) is 22.1 Å². The van der Waals surface area contributed by atoms with E-state index in [9.17, 15) is 4.79 Å². The van der Waals surface area contributed by atoms with E-state index in [0.29, 0.717) is 0 Å². The van der Waals surface area contributed by atoms with Crippen LogP contribution in [0.25, 0.3) is 0 Å². The number of carbonyl (C=O) groups is 1. The summed E-state index contributed by atoms with van der Waals surface area (Å²) in [5.41, 5.74) is 2.78. The van der Waals surface area contributed by atoms with Gasteiger partial charge >= 0.3 is 0 Å². The second-order valence-corrected chi connectivity index (χ2v) is 2.47. The van der Waals surface area contributed by atoms with Crippen molar-refractivity contribution in [2.45, 2.75) is 13.0 Å². The molecule has 0 fully saturated rings. The molecule has 0 aromatic rings. The van der Waals surface area contributed by atoms with Crippen molar-refractivity contribution in [3.05, 3.63) is 11.8 Å². The lowest BCUT2D eigenvalue weighted by Crippen LogP contribution is -2.46. The molecule has 0 aromatic heterocycles. The molecule has 68 valence electrons. The van der Waals surface area contributed by atoms with Crippen LogP contribution in [0.5, 0.6) is 0 Å². The highest BCUT2D eigenvalue weighted by atomic mass is 16.1. The van der Waals surface area contributed by atoms with Gasteiger partial charge in [0.25, 0.3) is 0 Å². The number of ketones is 1. The van der Waals surface area contributed by atoms with Crippen molar-refractivity contribution in [3.8, 4) is 6.07 Å². The Bertz CT molecular complexity index is 313. The van der Waals surface area contributed by atoms with Crippen molar-refractivity contribution in [2.24, 2.45) is 10.3 Å². The number of Topliss-reactive ketones (excluding diaryl/α,β-unsaturated/α-hetero) is 1. The summed E-state index contributed by atoms with van der Waals surface area (Å²) < 4.78 is 0. The number of hydrogen-bond donors (Lipinski definition) is 1. The summed E-state index contributed by atoms with van der Waals surface area (Å²) in [6, 6.07) is 1.30. The minimum absolute atomic E-state index is 0.107. The monoisotopic (exact) mass is 179 g/mol. The molecule has 0 amide bonds. The SMILES string of the molecule is CN=NN1NC=C(C#N)C(=O)C1C. The molecular formula is C7H9N5O. The van der Waals surface area contributed by atoms with Crippen LogP contribution < -0.4 is 5.43 Å². The van der Waals surface area contributed by atoms with Gasteiger partial charge in [-0.25, -0.2) is 0 Å². The summed E-state index contributed by atoms with van der Waals surface area (Å²) in [4.78, 5) is 11.4. The zero-order valence-corrected chi connectivity index (χ0v) is 7.35. The molecule has 0 aliphatic carbocycles. The maximum absolute atomic E-state index is 11.4. The predicted molar refractivity (Wildman–Crippen MR) is 43.9 cm³/mol. The zero-order chi connectivity index (χ0) is 9.84. The van der Waals surface area contributed by atoms with Crippen molar-refractivity contribution >= 4 is 5.78 Å². The Morgan fingerprint density at radius 2 is 2.46 bits per heavy atom. The summed E-state index contributed by atoms with van der Waals surface area (Å²) in [6.07, 6.45) is 1.32. The molecular weight excluding hydrogens is 170 g/mol. The van der Waals surface area contributed by atoms with Crippen LogP contribution in [-0.2, 0) is 4.79 Å². The van der Waals surface area contributed by atoms with E-state index in [4.69, 9.17) is 5.26 Å². The largest absolute Gasteiger partial charge is 0.291 e. The second kappa shape index (κ2) is 3.67. The van der Waals surface area contributed by atoms with E-state index < -0.39 is 6.04 Å². The van der Waals surface area contributed by atoms with E-state index in [-0.39, 0.29) is 11.4 Å². The molecule has 1 aliphatic rings. The van der Waals surface area contributed by atoms with Gasteiger partial charge in [-0.15, -0.1) is 0 Å². The number of nitrogens with zero attached hydrogens (tertiary/aromatic N) is 4. The molecule has 1 N–H and O–H groups in total. The molecule has 13 heavy (non-hydrogen) atoms. The molecule has 1 heterocycles. The fourth-order valence-electron chi connectivity index (χ4n) is 0.937. The smallest absolute Gasteiger partial charge is 0.200 e. The van der Waals surface area contributed by atoms with Crippen LogP contribution in [0.3, 0.4) is 0 Å². The van der Waals surface area contributed by atoms with Crippen molar-refractivity contribution in [2.75, 3.05) is 7.05 Å². The van der Waals surface area contributed by atoms with Gasteiger partial charge in [-0.2, -0.15) is 15.5 Å². The predicted octanol–water partition coefficient (Wildman–Crippen LogP) is 0.169. The first kappa shape index (κ1) is 9.19. The quantitative estimate of drug-likeness (QED) is 0.582. The van der Waals surface area contributed by atoms with E-state index in [1.807, 2.05) is 0 Å². The lowest BCUT2D eigenvalue weighted by molar-refractivity contribution is -0.121. The maximum atomic E-state index is 11.4. The molecule has 0 saturated carbocycles. The maximum Gasteiger partial charge on any atom is 0.200 e. The first-order valence-corrected chi connectivity index (χ1v) is 3.70. The molecule has 6 nitrogen and oxygen atoms in total. The Labute approximate surface area is 75.5 Å². The molecule has 0 spiro atoms. The van der Waals surface area contributed by atoms with Crippen LogP contribution in [0.1, 0.15) is 6.92 Å². The summed E-state index contributed by atoms with van der Waals surface area (Å²) in [5, 5.41) is 17.0. The molecule has 0 aromatic carbocycles. The molecule has 1 unspecified atom stereocenters. The third kappa shape index (κ3) is 1.64. The third-order valence-corrected chi connectivity index (χ3v) is 1.66. The Hall–Kier alpha value is -1.90. The van der Waals surface area contributed by atoms with Crippen LogP contribution in [0.2, 0.25) is 0 Å². The van der Waals surface area contributed by atoms with Crippen LogP contribution in [0.4, 0.5) is 0 Å². The van der Waals surface area contributed by atoms with Gasteiger partial charge in [0.15, 0.2) is 0 Å². The first-order chi connectivity index (χ1) is 6.20. The number of hydrazine groups is 1. The van der Waals surface area contributed by atoms with E-state index in [1.54, 1.807) is 13.0 Å². The number of carbonyl (C=O) groups excluding carboxylic acids is 1. The van der Waals surface area contributed by atoms with Crippen molar-refractivity contribution < 1.29 is 4.79 Å². The summed E-state index contributed by atoms with van der Waals surface area (Å²) in [5.74, 6) is -0.256. The van der Waals surface area contributed by atoms with Crippen LogP contribution >= 0.6 is 0 Å². The number of nitrogens with one attached hydrogen (secondary N) is 1. The van der Waals surface area contributed by atoms with Gasteiger partial charge in [0.2, 0.25) is 5.78 Å². The van der Waals surface area contributed by atoms with Gasteiger partial charge < -0.3 is 0 Å². The van der Waals surface area contributed by atoms with Gasteiger partial charge in [0.1, 0.15) is 17.7 Å². The van der Waals surface area contributed by atoms with Crippen LogP contribution in [0, 0.1) is 11.3 Å². The fraction of sp³-hybridized carbons (Fsp3) is 0.429. The zero-order valence-electron chi connectivity index (χ0n) is 7.35. The average Bonchev–Trinajstić information content (AvgIpc) is 2.14.